The van der Waals surface area contributed by atoms with Gasteiger partial charge in [-0.05, 0) is 30.7 Å². The molecule has 1 aromatic heterocycles. The maximum absolute atomic E-state index is 13.8. The lowest BCUT2D eigenvalue weighted by Gasteiger charge is -2.07. The Morgan fingerprint density at radius 3 is 2.55 bits per heavy atom. The molecule has 2 rings (SSSR count). The molecule has 1 heterocycles. The molecule has 0 saturated carbocycles. The van der Waals surface area contributed by atoms with Crippen LogP contribution in [0.1, 0.15) is 12.5 Å². The van der Waals surface area contributed by atoms with Gasteiger partial charge in [-0.2, -0.15) is 0 Å². The highest BCUT2D eigenvalue weighted by Crippen LogP contribution is 2.24. The van der Waals surface area contributed by atoms with Crippen LogP contribution in [-0.4, -0.2) is 17.6 Å². The Labute approximate surface area is 124 Å². The first-order chi connectivity index (χ1) is 10.5. The van der Waals surface area contributed by atoms with Gasteiger partial charge in [0.2, 0.25) is 0 Å². The summed E-state index contributed by atoms with van der Waals surface area (Å²) in [5, 5.41) is 0. The molecule has 7 heteroatoms. The van der Waals surface area contributed by atoms with Crippen LogP contribution in [0.25, 0.3) is 0 Å². The largest absolute Gasteiger partial charge is 0.466 e. The summed E-state index contributed by atoms with van der Waals surface area (Å²) in [6, 6.07) is 3.85. The van der Waals surface area contributed by atoms with Gasteiger partial charge in [0.05, 0.1) is 13.0 Å². The quantitative estimate of drug-likeness (QED) is 0.794. The van der Waals surface area contributed by atoms with Crippen molar-refractivity contribution in [3.63, 3.8) is 0 Å². The number of hydrogen-bond acceptors (Lipinski definition) is 4. The highest BCUT2D eigenvalue weighted by Gasteiger charge is 2.12. The first-order valence-corrected chi connectivity index (χ1v) is 6.42. The Balaban J connectivity index is 2.12. The molecule has 0 N–H and O–H groups in total. The molecule has 1 aromatic carbocycles. The van der Waals surface area contributed by atoms with Gasteiger partial charge in [0.15, 0.2) is 17.5 Å². The minimum Gasteiger partial charge on any atom is -0.466 e. The summed E-state index contributed by atoms with van der Waals surface area (Å²) < 4.78 is 49.5. The second kappa shape index (κ2) is 6.93. The van der Waals surface area contributed by atoms with E-state index in [9.17, 15) is 18.0 Å². The van der Waals surface area contributed by atoms with E-state index in [0.717, 1.165) is 24.3 Å². The monoisotopic (exact) mass is 311 g/mol. The highest BCUT2D eigenvalue weighted by atomic mass is 19.2. The smallest absolute Gasteiger partial charge is 0.310 e. The number of benzene rings is 1. The van der Waals surface area contributed by atoms with Gasteiger partial charge in [-0.3, -0.25) is 4.79 Å². The number of ether oxygens (including phenoxy) is 2. The number of carbonyl (C=O) groups excluding carboxylic acids is 1. The van der Waals surface area contributed by atoms with Gasteiger partial charge in [-0.15, -0.1) is 0 Å². The van der Waals surface area contributed by atoms with Crippen molar-refractivity contribution in [3.05, 3.63) is 53.5 Å². The number of halogens is 3. The molecule has 0 aliphatic carbocycles. The van der Waals surface area contributed by atoms with Gasteiger partial charge < -0.3 is 9.47 Å². The fraction of sp³-hybridized carbons (Fsp3) is 0.200. The molecule has 0 spiro atoms. The lowest BCUT2D eigenvalue weighted by Crippen LogP contribution is -2.08. The maximum atomic E-state index is 13.8. The van der Waals surface area contributed by atoms with Crippen molar-refractivity contribution in [3.8, 4) is 11.6 Å². The Kier molecular flexibility index (Phi) is 4.98. The average Bonchev–Trinajstić information content (AvgIpc) is 2.46. The second-order valence-corrected chi connectivity index (χ2v) is 4.29. The second-order valence-electron chi connectivity index (χ2n) is 4.29. The zero-order valence-corrected chi connectivity index (χ0v) is 11.6. The summed E-state index contributed by atoms with van der Waals surface area (Å²) in [5.41, 5.74) is 0.314. The van der Waals surface area contributed by atoms with Gasteiger partial charge in [0.1, 0.15) is 5.75 Å². The third-order valence-corrected chi connectivity index (χ3v) is 2.62. The van der Waals surface area contributed by atoms with Crippen LogP contribution in [0.4, 0.5) is 13.2 Å². The minimum atomic E-state index is -1.11. The molecule has 22 heavy (non-hydrogen) atoms. The maximum Gasteiger partial charge on any atom is 0.310 e. The minimum absolute atomic E-state index is 0.0940. The molecule has 0 aliphatic rings. The van der Waals surface area contributed by atoms with Crippen molar-refractivity contribution in [2.45, 2.75) is 13.3 Å². The molecular weight excluding hydrogens is 299 g/mol. The first kappa shape index (κ1) is 15.8. The lowest BCUT2D eigenvalue weighted by atomic mass is 10.2. The van der Waals surface area contributed by atoms with Crippen LogP contribution in [0.2, 0.25) is 0 Å². The molecule has 0 bridgehead atoms. The molecule has 0 atom stereocenters. The number of hydrogen-bond donors (Lipinski definition) is 0. The number of carbonyl (C=O) groups is 1. The van der Waals surface area contributed by atoms with E-state index in [1.807, 2.05) is 0 Å². The number of aromatic nitrogens is 1. The van der Waals surface area contributed by atoms with E-state index < -0.39 is 29.3 Å². The van der Waals surface area contributed by atoms with Gasteiger partial charge in [0.25, 0.3) is 5.88 Å². The Morgan fingerprint density at radius 2 is 1.91 bits per heavy atom. The van der Waals surface area contributed by atoms with Gasteiger partial charge in [0, 0.05) is 12.3 Å². The van der Waals surface area contributed by atoms with Crippen molar-refractivity contribution in [1.29, 1.82) is 0 Å². The predicted molar refractivity (Wildman–Crippen MR) is 71.0 cm³/mol. The molecule has 0 fully saturated rings. The van der Waals surface area contributed by atoms with Crippen LogP contribution in [0.5, 0.6) is 11.6 Å². The third kappa shape index (κ3) is 3.97. The van der Waals surface area contributed by atoms with Crippen LogP contribution in [0, 0.1) is 17.5 Å². The SMILES string of the molecule is CCOC(=O)Cc1cnc(Oc2ccc(F)c(F)c2)c(F)c1. The van der Waals surface area contributed by atoms with Crippen molar-refractivity contribution in [2.75, 3.05) is 6.61 Å². The number of nitrogens with zero attached hydrogens (tertiary/aromatic N) is 1. The molecular formula is C15H12F3NO3. The highest BCUT2D eigenvalue weighted by molar-refractivity contribution is 5.72. The molecule has 0 unspecified atom stereocenters. The fourth-order valence-corrected chi connectivity index (χ4v) is 1.67. The van der Waals surface area contributed by atoms with Gasteiger partial charge in [-0.1, -0.05) is 0 Å². The standard InChI is InChI=1S/C15H12F3NO3/c1-2-21-14(20)6-9-5-13(18)15(19-8-9)22-10-3-4-11(16)12(17)7-10/h3-5,7-8H,2,6H2,1H3. The van der Waals surface area contributed by atoms with E-state index in [-0.39, 0.29) is 18.8 Å². The number of rotatable bonds is 5. The molecule has 0 aliphatic heterocycles. The Hall–Kier alpha value is -2.57. The van der Waals surface area contributed by atoms with Crippen LogP contribution >= 0.6 is 0 Å². The summed E-state index contributed by atoms with van der Waals surface area (Å²) in [6.07, 6.45) is 1.12. The Bertz CT molecular complexity index is 692. The van der Waals surface area contributed by atoms with Crippen LogP contribution in [0.3, 0.4) is 0 Å². The topological polar surface area (TPSA) is 48.4 Å². The van der Waals surface area contributed by atoms with Crippen molar-refractivity contribution < 1.29 is 27.4 Å². The molecule has 0 radical (unpaired) electrons. The van der Waals surface area contributed by atoms with Crippen LogP contribution in [-0.2, 0) is 16.0 Å². The summed E-state index contributed by atoms with van der Waals surface area (Å²) in [4.78, 5) is 15.0. The van der Waals surface area contributed by atoms with Crippen molar-refractivity contribution >= 4 is 5.97 Å². The van der Waals surface area contributed by atoms with Gasteiger partial charge in [-0.25, -0.2) is 18.2 Å². The Morgan fingerprint density at radius 1 is 1.14 bits per heavy atom. The summed E-state index contributed by atoms with van der Waals surface area (Å²) in [6.45, 7) is 1.89. The van der Waals surface area contributed by atoms with Crippen molar-refractivity contribution in [2.24, 2.45) is 0 Å². The molecule has 116 valence electrons. The average molecular weight is 311 g/mol. The van der Waals surface area contributed by atoms with E-state index >= 15 is 0 Å². The van der Waals surface area contributed by atoms with E-state index in [2.05, 4.69) is 4.98 Å². The van der Waals surface area contributed by atoms with E-state index in [1.54, 1.807) is 6.92 Å². The normalized spacial score (nSPS) is 10.4. The van der Waals surface area contributed by atoms with Crippen molar-refractivity contribution in [1.82, 2.24) is 4.98 Å². The lowest BCUT2D eigenvalue weighted by molar-refractivity contribution is -0.142. The zero-order valence-electron chi connectivity index (χ0n) is 11.6. The molecule has 0 saturated heterocycles. The fourth-order valence-electron chi connectivity index (χ4n) is 1.67. The third-order valence-electron chi connectivity index (χ3n) is 2.62. The van der Waals surface area contributed by atoms with E-state index in [4.69, 9.17) is 9.47 Å². The summed E-state index contributed by atoms with van der Waals surface area (Å²) in [7, 11) is 0. The first-order valence-electron chi connectivity index (χ1n) is 6.42. The van der Waals surface area contributed by atoms with E-state index in [0.29, 0.717) is 5.56 Å². The zero-order chi connectivity index (χ0) is 16.1. The number of pyridine rings is 1. The van der Waals surface area contributed by atoms with Gasteiger partial charge >= 0.3 is 5.97 Å². The molecule has 2 aromatic rings. The summed E-state index contributed by atoms with van der Waals surface area (Å²) in [5.74, 6) is -3.98. The van der Waals surface area contributed by atoms with Crippen LogP contribution in [0.15, 0.2) is 30.5 Å². The number of esters is 1. The van der Waals surface area contributed by atoms with Crippen LogP contribution < -0.4 is 4.74 Å². The predicted octanol–water partition coefficient (Wildman–Crippen LogP) is 3.40. The van der Waals surface area contributed by atoms with E-state index in [1.165, 1.54) is 6.20 Å². The molecule has 4 nitrogen and oxygen atoms in total. The molecule has 0 amide bonds. The summed E-state index contributed by atoms with van der Waals surface area (Å²) >= 11 is 0.